The second-order valence-electron chi connectivity index (χ2n) is 4.28. The van der Waals surface area contributed by atoms with Crippen LogP contribution in [0.25, 0.3) is 0 Å². The van der Waals surface area contributed by atoms with Crippen LogP contribution in [-0.4, -0.2) is 5.25 Å². The highest BCUT2D eigenvalue weighted by molar-refractivity contribution is 9.11. The summed E-state index contributed by atoms with van der Waals surface area (Å²) < 4.78 is 70.5. The molecule has 0 atom stereocenters. The first-order valence-corrected chi connectivity index (χ1v) is 8.19. The summed E-state index contributed by atoms with van der Waals surface area (Å²) in [5, 5.41) is -4.52. The maximum absolute atomic E-state index is 14.0. The molecule has 0 nitrogen and oxygen atoms in total. The lowest BCUT2D eigenvalue weighted by Gasteiger charge is -2.26. The third-order valence-corrected chi connectivity index (χ3v) is 4.56. The van der Waals surface area contributed by atoms with Gasteiger partial charge < -0.3 is 0 Å². The number of thioether (sulfide) groups is 1. The normalized spacial score (nSPS) is 12.5. The highest BCUT2D eigenvalue weighted by Gasteiger charge is 2.59. The van der Waals surface area contributed by atoms with Crippen LogP contribution in [0.1, 0.15) is 5.56 Å². The lowest BCUT2D eigenvalue weighted by Crippen LogP contribution is -2.35. The second-order valence-corrected chi connectivity index (χ2v) is 7.30. The summed E-state index contributed by atoms with van der Waals surface area (Å²) in [6.07, 6.45) is 0. The second kappa shape index (κ2) is 6.49. The fourth-order valence-electron chi connectivity index (χ4n) is 1.67. The van der Waals surface area contributed by atoms with E-state index in [1.54, 1.807) is 6.07 Å². The molecule has 2 aromatic carbocycles. The van der Waals surface area contributed by atoms with E-state index < -0.39 is 22.6 Å². The van der Waals surface area contributed by atoms with Gasteiger partial charge in [0.25, 0.3) is 0 Å². The zero-order chi connectivity index (χ0) is 16.5. The van der Waals surface area contributed by atoms with Crippen LogP contribution in [0.2, 0.25) is 0 Å². The van der Waals surface area contributed by atoms with Crippen LogP contribution in [-0.2, 0) is 5.92 Å². The summed E-state index contributed by atoms with van der Waals surface area (Å²) >= 11 is 5.86. The molecule has 0 saturated carbocycles. The molecule has 0 heterocycles. The predicted octanol–water partition coefficient (Wildman–Crippen LogP) is 6.83. The van der Waals surface area contributed by atoms with E-state index in [0.29, 0.717) is 15.0 Å². The molecular weight excluding hydrogens is 455 g/mol. The first kappa shape index (κ1) is 17.7. The van der Waals surface area contributed by atoms with Crippen molar-refractivity contribution in [1.29, 1.82) is 0 Å². The minimum atomic E-state index is -4.65. The first-order chi connectivity index (χ1) is 10.1. The van der Waals surface area contributed by atoms with E-state index in [0.717, 1.165) is 18.2 Å². The molecule has 0 aromatic heterocycles. The van der Waals surface area contributed by atoms with Crippen LogP contribution in [0.15, 0.2) is 56.3 Å². The minimum absolute atomic E-state index is 0.0812. The van der Waals surface area contributed by atoms with Crippen molar-refractivity contribution < 1.29 is 22.0 Å². The summed E-state index contributed by atoms with van der Waals surface area (Å²) in [6.45, 7) is 0. The van der Waals surface area contributed by atoms with Gasteiger partial charge in [0.1, 0.15) is 5.82 Å². The van der Waals surface area contributed by atoms with Gasteiger partial charge in [0.15, 0.2) is 0 Å². The van der Waals surface area contributed by atoms with Crippen molar-refractivity contribution in [2.75, 3.05) is 0 Å². The fourth-order valence-corrected chi connectivity index (χ4v) is 4.17. The molecular formula is C14H7Br2F5S. The third kappa shape index (κ3) is 3.65. The number of halogens is 7. The Balaban J connectivity index is 2.38. The number of hydrogen-bond donors (Lipinski definition) is 0. The van der Waals surface area contributed by atoms with Crippen molar-refractivity contribution in [2.45, 2.75) is 16.1 Å². The molecule has 2 aromatic rings. The maximum atomic E-state index is 14.0. The van der Waals surface area contributed by atoms with Gasteiger partial charge in [0.05, 0.1) is 5.56 Å². The summed E-state index contributed by atoms with van der Waals surface area (Å²) in [4.78, 5) is -0.0812. The molecule has 2 rings (SSSR count). The molecule has 0 N–H and O–H groups in total. The number of alkyl halides is 4. The molecule has 22 heavy (non-hydrogen) atoms. The smallest absolute Gasteiger partial charge is 0.206 e. The Morgan fingerprint density at radius 3 is 1.95 bits per heavy atom. The lowest BCUT2D eigenvalue weighted by molar-refractivity contribution is -0.160. The molecule has 0 aliphatic heterocycles. The Kier molecular flexibility index (Phi) is 5.23. The van der Waals surface area contributed by atoms with Crippen molar-refractivity contribution in [3.63, 3.8) is 0 Å². The van der Waals surface area contributed by atoms with Crippen LogP contribution in [0.5, 0.6) is 0 Å². The average molecular weight is 462 g/mol. The van der Waals surface area contributed by atoms with Gasteiger partial charge in [-0.2, -0.15) is 17.6 Å². The van der Waals surface area contributed by atoms with Crippen LogP contribution >= 0.6 is 43.6 Å². The predicted molar refractivity (Wildman–Crippen MR) is 82.9 cm³/mol. The lowest BCUT2D eigenvalue weighted by atomic mass is 10.1. The van der Waals surface area contributed by atoms with Gasteiger partial charge in [-0.1, -0.05) is 44.0 Å². The summed E-state index contributed by atoms with van der Waals surface area (Å²) in [5.41, 5.74) is -1.33. The van der Waals surface area contributed by atoms with Crippen molar-refractivity contribution in [1.82, 2.24) is 0 Å². The van der Waals surface area contributed by atoms with Crippen LogP contribution in [0.4, 0.5) is 22.0 Å². The van der Waals surface area contributed by atoms with E-state index in [2.05, 4.69) is 31.9 Å². The number of rotatable bonds is 4. The quantitative estimate of drug-likeness (QED) is 0.355. The Bertz CT molecular complexity index is 670. The van der Waals surface area contributed by atoms with E-state index in [1.807, 2.05) is 0 Å². The SMILES string of the molecule is Fc1ccccc1C(F)(F)C(F)(F)Sc1cc(Br)cc(Br)c1. The van der Waals surface area contributed by atoms with E-state index in [9.17, 15) is 22.0 Å². The Morgan fingerprint density at radius 2 is 1.41 bits per heavy atom. The molecule has 0 unspecified atom stereocenters. The zero-order valence-electron chi connectivity index (χ0n) is 10.6. The van der Waals surface area contributed by atoms with Gasteiger partial charge in [-0.15, -0.1) is 0 Å². The molecule has 0 aliphatic carbocycles. The van der Waals surface area contributed by atoms with Gasteiger partial charge in [-0.3, -0.25) is 0 Å². The highest BCUT2D eigenvalue weighted by Crippen LogP contribution is 2.53. The van der Waals surface area contributed by atoms with Gasteiger partial charge in [0, 0.05) is 13.8 Å². The Hall–Kier alpha value is -0.600. The number of hydrogen-bond acceptors (Lipinski definition) is 1. The summed E-state index contributed by atoms with van der Waals surface area (Å²) in [7, 11) is 0. The number of benzene rings is 2. The molecule has 8 heteroatoms. The third-order valence-electron chi connectivity index (χ3n) is 2.66. The molecule has 0 bridgehead atoms. The van der Waals surface area contributed by atoms with E-state index >= 15 is 0 Å². The molecule has 0 aliphatic rings. The molecule has 0 spiro atoms. The Morgan fingerprint density at radius 1 is 0.864 bits per heavy atom. The van der Waals surface area contributed by atoms with E-state index in [4.69, 9.17) is 0 Å². The summed E-state index contributed by atoms with van der Waals surface area (Å²) in [6, 6.07) is 7.76. The van der Waals surface area contributed by atoms with E-state index in [-0.39, 0.29) is 16.7 Å². The van der Waals surface area contributed by atoms with Crippen molar-refractivity contribution >= 4 is 43.6 Å². The van der Waals surface area contributed by atoms with Gasteiger partial charge in [-0.25, -0.2) is 4.39 Å². The van der Waals surface area contributed by atoms with Crippen molar-refractivity contribution in [3.8, 4) is 0 Å². The maximum Gasteiger partial charge on any atom is 0.364 e. The molecule has 0 fully saturated rings. The van der Waals surface area contributed by atoms with Crippen LogP contribution in [0.3, 0.4) is 0 Å². The summed E-state index contributed by atoms with van der Waals surface area (Å²) in [5.74, 6) is -6.03. The topological polar surface area (TPSA) is 0 Å². The standard InChI is InChI=1S/C14H7Br2F5S/c15-8-5-9(16)7-10(6-8)22-14(20,21)13(18,19)11-3-1-2-4-12(11)17/h1-7H. The van der Waals surface area contributed by atoms with Gasteiger partial charge in [0.2, 0.25) is 0 Å². The zero-order valence-corrected chi connectivity index (χ0v) is 14.6. The van der Waals surface area contributed by atoms with Crippen LogP contribution in [0, 0.1) is 5.82 Å². The fraction of sp³-hybridized carbons (Fsp3) is 0.143. The molecule has 0 amide bonds. The van der Waals surface area contributed by atoms with E-state index in [1.165, 1.54) is 12.1 Å². The molecule has 0 saturated heterocycles. The highest BCUT2D eigenvalue weighted by atomic mass is 79.9. The van der Waals surface area contributed by atoms with Crippen LogP contribution < -0.4 is 0 Å². The average Bonchev–Trinajstić information content (AvgIpc) is 2.36. The minimum Gasteiger partial charge on any atom is -0.206 e. The van der Waals surface area contributed by atoms with Gasteiger partial charge >= 0.3 is 11.2 Å². The van der Waals surface area contributed by atoms with Gasteiger partial charge in [-0.05, 0) is 42.1 Å². The molecule has 0 radical (unpaired) electrons. The molecule has 118 valence electrons. The monoisotopic (exact) mass is 460 g/mol. The Labute approximate surface area is 144 Å². The van der Waals surface area contributed by atoms with Crippen molar-refractivity contribution in [2.24, 2.45) is 0 Å². The van der Waals surface area contributed by atoms with Crippen molar-refractivity contribution in [3.05, 3.63) is 62.8 Å². The largest absolute Gasteiger partial charge is 0.364 e. The first-order valence-electron chi connectivity index (χ1n) is 5.79.